The van der Waals surface area contributed by atoms with Gasteiger partial charge in [-0.1, -0.05) is 13.0 Å². The second kappa shape index (κ2) is 6.13. The number of piperazine rings is 1. The zero-order chi connectivity index (χ0) is 13.0. The molecule has 0 saturated carbocycles. The Morgan fingerprint density at radius 1 is 1.44 bits per heavy atom. The lowest BCUT2D eigenvalue weighted by Crippen LogP contribution is -2.50. The van der Waals surface area contributed by atoms with E-state index in [4.69, 9.17) is 5.84 Å². The van der Waals surface area contributed by atoms with Gasteiger partial charge in [0, 0.05) is 32.2 Å². The average molecular weight is 249 g/mol. The van der Waals surface area contributed by atoms with Crippen molar-refractivity contribution in [3.63, 3.8) is 0 Å². The van der Waals surface area contributed by atoms with Crippen LogP contribution in [-0.2, 0) is 6.54 Å². The first-order chi connectivity index (χ1) is 8.72. The van der Waals surface area contributed by atoms with Crippen LogP contribution < -0.4 is 11.3 Å². The summed E-state index contributed by atoms with van der Waals surface area (Å²) in [6.07, 6.45) is 1.20. The minimum absolute atomic E-state index is 0.662. The molecule has 1 aliphatic rings. The maximum Gasteiger partial charge on any atom is 0.140 e. The van der Waals surface area contributed by atoms with Crippen molar-refractivity contribution in [1.82, 2.24) is 14.8 Å². The molecule has 2 heterocycles. The molecule has 2 rings (SSSR count). The predicted octanol–water partition coefficient (Wildman–Crippen LogP) is 0.893. The van der Waals surface area contributed by atoms with E-state index in [1.807, 2.05) is 12.1 Å². The number of anilines is 1. The average Bonchev–Trinajstić information content (AvgIpc) is 2.41. The highest BCUT2D eigenvalue weighted by atomic mass is 15.3. The largest absolute Gasteiger partial charge is 0.308 e. The number of pyridine rings is 1. The zero-order valence-electron chi connectivity index (χ0n) is 11.3. The molecule has 1 unspecified atom stereocenters. The van der Waals surface area contributed by atoms with Crippen LogP contribution in [0.4, 0.5) is 5.82 Å². The quantitative estimate of drug-likeness (QED) is 0.613. The fourth-order valence-electron chi connectivity index (χ4n) is 2.47. The Labute approximate surface area is 109 Å². The molecule has 3 N–H and O–H groups in total. The summed E-state index contributed by atoms with van der Waals surface area (Å²) in [7, 11) is 2.21. The fourth-order valence-corrected chi connectivity index (χ4v) is 2.47. The van der Waals surface area contributed by atoms with E-state index in [-0.39, 0.29) is 0 Å². The summed E-state index contributed by atoms with van der Waals surface area (Å²) in [4.78, 5) is 9.38. The van der Waals surface area contributed by atoms with Gasteiger partial charge in [0.25, 0.3) is 0 Å². The number of hydrogen-bond donors (Lipinski definition) is 2. The summed E-state index contributed by atoms with van der Waals surface area (Å²) >= 11 is 0. The molecule has 0 bridgehead atoms. The second-order valence-electron chi connectivity index (χ2n) is 4.94. The molecule has 1 atom stereocenters. The Bertz CT molecular complexity index is 381. The molecule has 0 aromatic carbocycles. The molecule has 0 spiro atoms. The molecule has 0 amide bonds. The standard InChI is InChI=1S/C13H23N5/c1-3-12-10-18(8-7-17(12)2)9-11-5-4-6-13(15-11)16-14/h4-6,12H,3,7-10,14H2,1-2H3,(H,15,16). The van der Waals surface area contributed by atoms with E-state index in [9.17, 15) is 0 Å². The van der Waals surface area contributed by atoms with E-state index in [1.165, 1.54) is 6.42 Å². The van der Waals surface area contributed by atoms with Crippen LogP contribution in [0, 0.1) is 0 Å². The number of likely N-dealkylation sites (N-methyl/N-ethyl adjacent to an activating group) is 1. The molecule has 1 aromatic rings. The van der Waals surface area contributed by atoms with Crippen LogP contribution in [-0.4, -0.2) is 47.5 Å². The number of hydrogen-bond acceptors (Lipinski definition) is 5. The number of nitrogens with two attached hydrogens (primary N) is 1. The summed E-state index contributed by atoms with van der Waals surface area (Å²) in [5.41, 5.74) is 3.67. The smallest absolute Gasteiger partial charge is 0.140 e. The lowest BCUT2D eigenvalue weighted by Gasteiger charge is -2.39. The van der Waals surface area contributed by atoms with E-state index < -0.39 is 0 Å². The minimum atomic E-state index is 0.662. The Morgan fingerprint density at radius 3 is 3.00 bits per heavy atom. The third-order valence-electron chi connectivity index (χ3n) is 3.67. The summed E-state index contributed by atoms with van der Waals surface area (Å²) in [5.74, 6) is 6.11. The van der Waals surface area contributed by atoms with Gasteiger partial charge in [-0.15, -0.1) is 0 Å². The van der Waals surface area contributed by atoms with Crippen LogP contribution in [0.3, 0.4) is 0 Å². The highest BCUT2D eigenvalue weighted by molar-refractivity contribution is 5.33. The van der Waals surface area contributed by atoms with E-state index >= 15 is 0 Å². The van der Waals surface area contributed by atoms with E-state index in [0.29, 0.717) is 6.04 Å². The molecule has 0 aliphatic carbocycles. The molecule has 5 heteroatoms. The Balaban J connectivity index is 1.96. The highest BCUT2D eigenvalue weighted by Gasteiger charge is 2.22. The van der Waals surface area contributed by atoms with E-state index in [0.717, 1.165) is 37.7 Å². The molecule has 18 heavy (non-hydrogen) atoms. The summed E-state index contributed by atoms with van der Waals surface area (Å²) in [5, 5.41) is 0. The van der Waals surface area contributed by atoms with Crippen molar-refractivity contribution < 1.29 is 0 Å². The van der Waals surface area contributed by atoms with Gasteiger partial charge in [0.15, 0.2) is 0 Å². The SMILES string of the molecule is CCC1CN(Cc2cccc(NN)n2)CCN1C. The summed E-state index contributed by atoms with van der Waals surface area (Å²) < 4.78 is 0. The fraction of sp³-hybridized carbons (Fsp3) is 0.615. The van der Waals surface area contributed by atoms with Crippen LogP contribution in [0.25, 0.3) is 0 Å². The van der Waals surface area contributed by atoms with Gasteiger partial charge in [-0.2, -0.15) is 0 Å². The molecule has 1 fully saturated rings. The predicted molar refractivity (Wildman–Crippen MR) is 74.0 cm³/mol. The Morgan fingerprint density at radius 2 is 2.28 bits per heavy atom. The minimum Gasteiger partial charge on any atom is -0.308 e. The zero-order valence-corrected chi connectivity index (χ0v) is 11.3. The van der Waals surface area contributed by atoms with Crippen molar-refractivity contribution >= 4 is 5.82 Å². The van der Waals surface area contributed by atoms with Crippen LogP contribution in [0.5, 0.6) is 0 Å². The number of nitrogens with zero attached hydrogens (tertiary/aromatic N) is 3. The van der Waals surface area contributed by atoms with Crippen molar-refractivity contribution in [3.8, 4) is 0 Å². The van der Waals surface area contributed by atoms with Gasteiger partial charge < -0.3 is 10.3 Å². The third-order valence-corrected chi connectivity index (χ3v) is 3.67. The van der Waals surface area contributed by atoms with Gasteiger partial charge in [-0.05, 0) is 25.6 Å². The first kappa shape index (κ1) is 13.3. The van der Waals surface area contributed by atoms with Crippen LogP contribution in [0.2, 0.25) is 0 Å². The van der Waals surface area contributed by atoms with Crippen LogP contribution >= 0.6 is 0 Å². The molecule has 100 valence electrons. The van der Waals surface area contributed by atoms with Gasteiger partial charge in [0.2, 0.25) is 0 Å². The van der Waals surface area contributed by atoms with E-state index in [2.05, 4.69) is 40.2 Å². The molecule has 0 radical (unpaired) electrons. The number of hydrazine groups is 1. The number of nitrogen functional groups attached to an aromatic ring is 1. The van der Waals surface area contributed by atoms with E-state index in [1.54, 1.807) is 0 Å². The molecular formula is C13H23N5. The van der Waals surface area contributed by atoms with Gasteiger partial charge in [-0.3, -0.25) is 4.90 Å². The first-order valence-corrected chi connectivity index (χ1v) is 6.58. The van der Waals surface area contributed by atoms with Crippen LogP contribution in [0.15, 0.2) is 18.2 Å². The number of aromatic nitrogens is 1. The van der Waals surface area contributed by atoms with Crippen molar-refractivity contribution in [3.05, 3.63) is 23.9 Å². The van der Waals surface area contributed by atoms with Crippen molar-refractivity contribution in [2.45, 2.75) is 25.9 Å². The summed E-state index contributed by atoms with van der Waals surface area (Å²) in [6, 6.07) is 6.59. The maximum absolute atomic E-state index is 5.38. The van der Waals surface area contributed by atoms with Crippen LogP contribution in [0.1, 0.15) is 19.0 Å². The number of rotatable bonds is 4. The molecule has 1 aromatic heterocycles. The summed E-state index contributed by atoms with van der Waals surface area (Å²) in [6.45, 7) is 6.51. The molecule has 5 nitrogen and oxygen atoms in total. The van der Waals surface area contributed by atoms with Crippen molar-refractivity contribution in [2.75, 3.05) is 32.1 Å². The molecule has 1 aliphatic heterocycles. The first-order valence-electron chi connectivity index (χ1n) is 6.58. The second-order valence-corrected chi connectivity index (χ2v) is 4.94. The Kier molecular flexibility index (Phi) is 4.52. The lowest BCUT2D eigenvalue weighted by atomic mass is 10.1. The van der Waals surface area contributed by atoms with Crippen molar-refractivity contribution in [2.24, 2.45) is 5.84 Å². The third kappa shape index (κ3) is 3.19. The normalized spacial score (nSPS) is 22.1. The van der Waals surface area contributed by atoms with Gasteiger partial charge in [-0.25, -0.2) is 10.8 Å². The highest BCUT2D eigenvalue weighted by Crippen LogP contribution is 2.13. The van der Waals surface area contributed by atoms with Crippen molar-refractivity contribution in [1.29, 1.82) is 0 Å². The lowest BCUT2D eigenvalue weighted by molar-refractivity contribution is 0.0875. The van der Waals surface area contributed by atoms with Gasteiger partial charge >= 0.3 is 0 Å². The maximum atomic E-state index is 5.38. The number of nitrogens with one attached hydrogen (secondary N) is 1. The topological polar surface area (TPSA) is 57.4 Å². The molecular weight excluding hydrogens is 226 g/mol. The monoisotopic (exact) mass is 249 g/mol. The van der Waals surface area contributed by atoms with Gasteiger partial charge in [0.05, 0.1) is 5.69 Å². The van der Waals surface area contributed by atoms with Gasteiger partial charge in [0.1, 0.15) is 5.82 Å². The molecule has 1 saturated heterocycles. The Hall–Kier alpha value is -1.17.